The fraction of sp³-hybridized carbons (Fsp3) is 0.533. The summed E-state index contributed by atoms with van der Waals surface area (Å²) in [6.07, 6.45) is 3.04. The fourth-order valence-corrected chi connectivity index (χ4v) is 2.26. The minimum absolute atomic E-state index is 0.258. The van der Waals surface area contributed by atoms with E-state index in [1.807, 2.05) is 6.07 Å². The van der Waals surface area contributed by atoms with Gasteiger partial charge in [0.1, 0.15) is 5.82 Å². The summed E-state index contributed by atoms with van der Waals surface area (Å²) in [5.41, 5.74) is 2.31. The highest BCUT2D eigenvalue weighted by molar-refractivity contribution is 5.75. The molecule has 0 aliphatic rings. The molecule has 0 amide bonds. The van der Waals surface area contributed by atoms with Gasteiger partial charge in [0.25, 0.3) is 0 Å². The van der Waals surface area contributed by atoms with Crippen LogP contribution in [-0.4, -0.2) is 21.3 Å². The summed E-state index contributed by atoms with van der Waals surface area (Å²) in [4.78, 5) is 4.72. The van der Waals surface area contributed by atoms with Crippen molar-refractivity contribution in [3.63, 3.8) is 0 Å². The first-order valence-corrected chi connectivity index (χ1v) is 6.81. The first-order valence-electron chi connectivity index (χ1n) is 6.81. The topological polar surface area (TPSA) is 38.0 Å². The van der Waals surface area contributed by atoms with Crippen LogP contribution in [0.1, 0.15) is 32.5 Å². The van der Waals surface area contributed by atoms with Crippen LogP contribution in [0.15, 0.2) is 24.3 Å². The number of benzene rings is 1. The smallest absolute Gasteiger partial charge is 0.109 e. The molecular formula is C15H22N2O. The van der Waals surface area contributed by atoms with E-state index in [4.69, 9.17) is 10.1 Å². The second-order valence-electron chi connectivity index (χ2n) is 4.99. The van der Waals surface area contributed by atoms with Crippen LogP contribution < -0.4 is 0 Å². The Bertz CT molecular complexity index is 504. The minimum atomic E-state index is 0.258. The minimum Gasteiger partial charge on any atom is -0.396 e. The van der Waals surface area contributed by atoms with Crippen molar-refractivity contribution in [1.29, 1.82) is 0 Å². The maximum absolute atomic E-state index is 9.10. The number of aliphatic hydroxyl groups excluding tert-OH is 1. The quantitative estimate of drug-likeness (QED) is 0.851. The van der Waals surface area contributed by atoms with E-state index in [0.29, 0.717) is 5.92 Å². The van der Waals surface area contributed by atoms with Gasteiger partial charge >= 0.3 is 0 Å². The second-order valence-corrected chi connectivity index (χ2v) is 4.99. The number of rotatable bonds is 6. The lowest BCUT2D eigenvalue weighted by Crippen LogP contribution is -2.07. The molecule has 0 aliphatic heterocycles. The summed E-state index contributed by atoms with van der Waals surface area (Å²) >= 11 is 0. The summed E-state index contributed by atoms with van der Waals surface area (Å²) in [7, 11) is 0. The molecule has 1 heterocycles. The van der Waals surface area contributed by atoms with Gasteiger partial charge in [-0.2, -0.15) is 0 Å². The summed E-state index contributed by atoms with van der Waals surface area (Å²) in [5, 5.41) is 9.10. The van der Waals surface area contributed by atoms with E-state index in [9.17, 15) is 0 Å². The van der Waals surface area contributed by atoms with Crippen LogP contribution in [0, 0.1) is 5.92 Å². The summed E-state index contributed by atoms with van der Waals surface area (Å²) in [6.45, 7) is 5.54. The van der Waals surface area contributed by atoms with Gasteiger partial charge in [0.05, 0.1) is 11.0 Å². The van der Waals surface area contributed by atoms with Crippen molar-refractivity contribution in [1.82, 2.24) is 9.55 Å². The van der Waals surface area contributed by atoms with Gasteiger partial charge < -0.3 is 9.67 Å². The highest BCUT2D eigenvalue weighted by Gasteiger charge is 2.10. The predicted octanol–water partition coefficient (Wildman–Crippen LogP) is 3.01. The summed E-state index contributed by atoms with van der Waals surface area (Å²) < 4.78 is 2.32. The monoisotopic (exact) mass is 246 g/mol. The van der Waals surface area contributed by atoms with Crippen LogP contribution in [0.2, 0.25) is 0 Å². The van der Waals surface area contributed by atoms with Crippen LogP contribution in [0.5, 0.6) is 0 Å². The van der Waals surface area contributed by atoms with Gasteiger partial charge in [-0.05, 0) is 30.9 Å². The van der Waals surface area contributed by atoms with Crippen LogP contribution in [-0.2, 0) is 13.0 Å². The van der Waals surface area contributed by atoms with Crippen LogP contribution >= 0.6 is 0 Å². The molecule has 0 fully saturated rings. The largest absolute Gasteiger partial charge is 0.396 e. The molecular weight excluding hydrogens is 224 g/mol. The average Bonchev–Trinajstić information content (AvgIpc) is 2.75. The van der Waals surface area contributed by atoms with Crippen molar-refractivity contribution in [2.75, 3.05) is 6.61 Å². The van der Waals surface area contributed by atoms with E-state index < -0.39 is 0 Å². The van der Waals surface area contributed by atoms with Crippen molar-refractivity contribution in [2.45, 2.75) is 39.7 Å². The molecule has 1 aromatic carbocycles. The molecule has 0 spiro atoms. The van der Waals surface area contributed by atoms with Gasteiger partial charge in [0.15, 0.2) is 0 Å². The van der Waals surface area contributed by atoms with E-state index in [-0.39, 0.29) is 6.61 Å². The molecule has 1 N–H and O–H groups in total. The third-order valence-corrected chi connectivity index (χ3v) is 3.35. The lowest BCUT2D eigenvalue weighted by Gasteiger charge is -2.10. The lowest BCUT2D eigenvalue weighted by atomic mass is 10.1. The zero-order valence-corrected chi connectivity index (χ0v) is 11.3. The molecule has 1 unspecified atom stereocenters. The highest BCUT2D eigenvalue weighted by Crippen LogP contribution is 2.18. The standard InChI is InChI=1S/C15H22N2O/c1-3-10-17-14-7-5-4-6-13(14)16-15(17)9-8-12(2)11-18/h4-7,12,18H,3,8-11H2,1-2H3. The first-order chi connectivity index (χ1) is 8.76. The third kappa shape index (κ3) is 2.72. The SMILES string of the molecule is CCCn1c(CCC(C)CO)nc2ccccc21. The number of aryl methyl sites for hydroxylation is 2. The van der Waals surface area contributed by atoms with E-state index in [2.05, 4.69) is 36.6 Å². The zero-order valence-electron chi connectivity index (χ0n) is 11.3. The van der Waals surface area contributed by atoms with Crippen molar-refractivity contribution in [3.05, 3.63) is 30.1 Å². The number of imidazole rings is 1. The van der Waals surface area contributed by atoms with Gasteiger partial charge in [0.2, 0.25) is 0 Å². The summed E-state index contributed by atoms with van der Waals surface area (Å²) in [6, 6.07) is 8.31. The Labute approximate surface area is 108 Å². The Kier molecular flexibility index (Phi) is 4.37. The van der Waals surface area contributed by atoms with Crippen molar-refractivity contribution < 1.29 is 5.11 Å². The second kappa shape index (κ2) is 6.01. The van der Waals surface area contributed by atoms with Gasteiger partial charge in [-0.1, -0.05) is 26.0 Å². The van der Waals surface area contributed by atoms with E-state index >= 15 is 0 Å². The normalized spacial score (nSPS) is 13.1. The number of aliphatic hydroxyl groups is 1. The maximum atomic E-state index is 9.10. The van der Waals surface area contributed by atoms with Crippen molar-refractivity contribution >= 4 is 11.0 Å². The Balaban J connectivity index is 2.27. The molecule has 2 rings (SSSR count). The number of aromatic nitrogens is 2. The van der Waals surface area contributed by atoms with Gasteiger partial charge in [-0.3, -0.25) is 0 Å². The predicted molar refractivity (Wildman–Crippen MR) is 74.6 cm³/mol. The molecule has 0 aliphatic carbocycles. The lowest BCUT2D eigenvalue weighted by molar-refractivity contribution is 0.229. The molecule has 2 aromatic rings. The molecule has 18 heavy (non-hydrogen) atoms. The molecule has 0 bridgehead atoms. The van der Waals surface area contributed by atoms with Crippen LogP contribution in [0.25, 0.3) is 11.0 Å². The average molecular weight is 246 g/mol. The van der Waals surface area contributed by atoms with Gasteiger partial charge in [-0.15, -0.1) is 0 Å². The number of hydrogen-bond donors (Lipinski definition) is 1. The van der Waals surface area contributed by atoms with E-state index in [1.165, 1.54) is 5.52 Å². The van der Waals surface area contributed by atoms with E-state index in [0.717, 1.165) is 37.1 Å². The van der Waals surface area contributed by atoms with E-state index in [1.54, 1.807) is 0 Å². The third-order valence-electron chi connectivity index (χ3n) is 3.35. The Morgan fingerprint density at radius 2 is 2.11 bits per heavy atom. The van der Waals surface area contributed by atoms with Crippen molar-refractivity contribution in [2.24, 2.45) is 5.92 Å². The molecule has 98 valence electrons. The van der Waals surface area contributed by atoms with Crippen LogP contribution in [0.4, 0.5) is 0 Å². The Morgan fingerprint density at radius 1 is 1.33 bits per heavy atom. The first kappa shape index (κ1) is 13.1. The number of nitrogens with zero attached hydrogens (tertiary/aromatic N) is 2. The summed E-state index contributed by atoms with van der Waals surface area (Å²) in [5.74, 6) is 1.50. The Morgan fingerprint density at radius 3 is 2.83 bits per heavy atom. The molecule has 1 aromatic heterocycles. The molecule has 0 saturated heterocycles. The zero-order chi connectivity index (χ0) is 13.0. The van der Waals surface area contributed by atoms with Crippen molar-refractivity contribution in [3.8, 4) is 0 Å². The molecule has 0 radical (unpaired) electrons. The maximum Gasteiger partial charge on any atom is 0.109 e. The number of fused-ring (bicyclic) bond motifs is 1. The molecule has 3 nitrogen and oxygen atoms in total. The number of hydrogen-bond acceptors (Lipinski definition) is 2. The van der Waals surface area contributed by atoms with Crippen LogP contribution in [0.3, 0.4) is 0 Å². The molecule has 3 heteroatoms. The number of para-hydroxylation sites is 2. The highest BCUT2D eigenvalue weighted by atomic mass is 16.3. The Hall–Kier alpha value is -1.35. The fourth-order valence-electron chi connectivity index (χ4n) is 2.26. The van der Waals surface area contributed by atoms with Gasteiger partial charge in [-0.25, -0.2) is 4.98 Å². The molecule has 1 atom stereocenters. The molecule has 0 saturated carbocycles. The van der Waals surface area contributed by atoms with Gasteiger partial charge in [0, 0.05) is 19.6 Å².